The normalized spacial score (nSPS) is 10.8. The van der Waals surface area contributed by atoms with Crippen molar-refractivity contribution < 1.29 is 18.3 Å². The molecule has 6 heteroatoms. The second-order valence-electron chi connectivity index (χ2n) is 6.38. The molecular formula is C22H19FN3O2+. The molecule has 0 bridgehead atoms. The summed E-state index contributed by atoms with van der Waals surface area (Å²) in [7, 11) is 1.60. The van der Waals surface area contributed by atoms with Crippen LogP contribution in [0.5, 0.6) is 5.75 Å². The van der Waals surface area contributed by atoms with Gasteiger partial charge < -0.3 is 4.74 Å². The molecule has 5 nitrogen and oxygen atoms in total. The molecule has 0 aliphatic heterocycles. The highest BCUT2D eigenvalue weighted by molar-refractivity contribution is 5.94. The summed E-state index contributed by atoms with van der Waals surface area (Å²) in [6.45, 7) is 0. The number of benzene rings is 2. The van der Waals surface area contributed by atoms with Gasteiger partial charge in [-0.1, -0.05) is 18.2 Å². The lowest BCUT2D eigenvalue weighted by atomic mass is 10.1. The number of nitrogens with zero attached hydrogens (tertiary/aromatic N) is 1. The maximum atomic E-state index is 13.3. The minimum Gasteiger partial charge on any atom is -0.497 e. The summed E-state index contributed by atoms with van der Waals surface area (Å²) >= 11 is 0. The van der Waals surface area contributed by atoms with Gasteiger partial charge >= 0.3 is 0 Å². The molecule has 0 unspecified atom stereocenters. The molecule has 1 amide bonds. The molecule has 2 heterocycles. The van der Waals surface area contributed by atoms with Crippen LogP contribution < -0.4 is 14.5 Å². The summed E-state index contributed by atoms with van der Waals surface area (Å²) in [4.78, 5) is 16.0. The molecular weight excluding hydrogens is 357 g/mol. The Bertz CT molecular complexity index is 1120. The van der Waals surface area contributed by atoms with E-state index in [0.717, 1.165) is 22.5 Å². The number of pyridine rings is 1. The first-order chi connectivity index (χ1) is 13.6. The van der Waals surface area contributed by atoms with Crippen molar-refractivity contribution in [2.24, 2.45) is 0 Å². The molecule has 28 heavy (non-hydrogen) atoms. The largest absolute Gasteiger partial charge is 0.497 e. The Kier molecular flexibility index (Phi) is 4.76. The number of carbonyl (C=O) groups is 1. The predicted octanol–water partition coefficient (Wildman–Crippen LogP) is 3.75. The molecule has 0 saturated heterocycles. The third kappa shape index (κ3) is 3.57. The second kappa shape index (κ2) is 7.52. The number of anilines is 1. The lowest BCUT2D eigenvalue weighted by Gasteiger charge is -2.04. The van der Waals surface area contributed by atoms with Crippen LogP contribution in [-0.4, -0.2) is 18.0 Å². The fourth-order valence-corrected chi connectivity index (χ4v) is 3.10. The molecule has 2 aromatic heterocycles. The number of amides is 1. The van der Waals surface area contributed by atoms with Gasteiger partial charge in [0, 0.05) is 11.6 Å². The Labute approximate surface area is 161 Å². The van der Waals surface area contributed by atoms with Crippen LogP contribution in [0.1, 0.15) is 5.56 Å². The van der Waals surface area contributed by atoms with E-state index in [0.29, 0.717) is 11.5 Å². The molecule has 0 aliphatic rings. The Morgan fingerprint density at radius 3 is 2.54 bits per heavy atom. The number of carbonyl (C=O) groups excluding carboxylic acids is 1. The zero-order valence-electron chi connectivity index (χ0n) is 15.3. The number of methoxy groups -OCH3 is 1. The highest BCUT2D eigenvalue weighted by atomic mass is 19.1. The second-order valence-corrected chi connectivity index (χ2v) is 6.38. The van der Waals surface area contributed by atoms with Crippen LogP contribution in [0.3, 0.4) is 0 Å². The van der Waals surface area contributed by atoms with Crippen molar-refractivity contribution in [2.75, 3.05) is 12.4 Å². The molecule has 0 radical (unpaired) electrons. The smallest absolute Gasteiger partial charge is 0.284 e. The van der Waals surface area contributed by atoms with Crippen molar-refractivity contribution in [3.63, 3.8) is 0 Å². The van der Waals surface area contributed by atoms with E-state index in [-0.39, 0.29) is 18.1 Å². The molecule has 0 fully saturated rings. The van der Waals surface area contributed by atoms with E-state index < -0.39 is 0 Å². The van der Waals surface area contributed by atoms with E-state index in [9.17, 15) is 9.18 Å². The Hall–Kier alpha value is -3.67. The van der Waals surface area contributed by atoms with Crippen LogP contribution in [0.2, 0.25) is 0 Å². The minimum absolute atomic E-state index is 0.147. The summed E-state index contributed by atoms with van der Waals surface area (Å²) in [5.41, 5.74) is 3.20. The Balaban J connectivity index is 1.65. The number of nitrogens with one attached hydrogen (secondary N) is 2. The first kappa shape index (κ1) is 17.7. The average molecular weight is 376 g/mol. The fraction of sp³-hybridized carbons (Fsp3) is 0.0909. The number of halogens is 1. The number of hydrogen-bond acceptors (Lipinski definition) is 2. The van der Waals surface area contributed by atoms with Gasteiger partial charge in [-0.05, 0) is 48.0 Å². The molecule has 0 spiro atoms. The molecule has 2 aromatic carbocycles. The molecule has 4 aromatic rings. The lowest BCUT2D eigenvalue weighted by molar-refractivity contribution is -0.493. The highest BCUT2D eigenvalue weighted by Gasteiger charge is 2.22. The summed E-state index contributed by atoms with van der Waals surface area (Å²) in [5.74, 6) is 0.902. The van der Waals surface area contributed by atoms with Gasteiger partial charge in [-0.25, -0.2) is 14.1 Å². The van der Waals surface area contributed by atoms with E-state index in [4.69, 9.17) is 4.74 Å². The van der Waals surface area contributed by atoms with Gasteiger partial charge in [0.1, 0.15) is 11.6 Å². The first-order valence-electron chi connectivity index (χ1n) is 8.85. The van der Waals surface area contributed by atoms with Gasteiger partial charge in [0.05, 0.1) is 19.7 Å². The summed E-state index contributed by atoms with van der Waals surface area (Å²) in [6.07, 6.45) is 2.09. The number of H-pyrrole nitrogens is 1. The Morgan fingerprint density at radius 1 is 1.07 bits per heavy atom. The lowest BCUT2D eigenvalue weighted by Crippen LogP contribution is -2.27. The standard InChI is InChI=1S/C22H18FN3O2/c1-28-18-11-5-15(6-12-18)14-20(27)25-22-21(16-7-9-17(23)10-8-16)24-19-4-2-3-13-26(19)22/h2-13H,14H2,1H3,(H,25,27)/p+1. The van der Waals surface area contributed by atoms with Crippen molar-refractivity contribution >= 4 is 17.4 Å². The maximum Gasteiger partial charge on any atom is 0.284 e. The van der Waals surface area contributed by atoms with Crippen LogP contribution in [0.4, 0.5) is 10.2 Å². The van der Waals surface area contributed by atoms with Gasteiger partial charge in [-0.3, -0.25) is 9.78 Å². The van der Waals surface area contributed by atoms with Crippen molar-refractivity contribution in [1.82, 2.24) is 4.98 Å². The van der Waals surface area contributed by atoms with Crippen LogP contribution in [0, 0.1) is 5.82 Å². The van der Waals surface area contributed by atoms with E-state index in [1.165, 1.54) is 12.1 Å². The number of hydrogen-bond donors (Lipinski definition) is 2. The topological polar surface area (TPSA) is 58.2 Å². The highest BCUT2D eigenvalue weighted by Crippen LogP contribution is 2.25. The van der Waals surface area contributed by atoms with Crippen molar-refractivity contribution in [3.8, 4) is 17.0 Å². The number of aromatic amines is 1. The van der Waals surface area contributed by atoms with E-state index in [1.54, 1.807) is 19.2 Å². The van der Waals surface area contributed by atoms with Crippen LogP contribution in [0.15, 0.2) is 72.9 Å². The molecule has 0 aliphatic carbocycles. The fourth-order valence-electron chi connectivity index (χ4n) is 3.10. The van der Waals surface area contributed by atoms with Crippen LogP contribution >= 0.6 is 0 Å². The van der Waals surface area contributed by atoms with Gasteiger partial charge in [0.15, 0.2) is 5.69 Å². The summed E-state index contributed by atoms with van der Waals surface area (Å²) < 4.78 is 20.3. The summed E-state index contributed by atoms with van der Waals surface area (Å²) in [5, 5.41) is 2.99. The third-order valence-electron chi connectivity index (χ3n) is 4.51. The average Bonchev–Trinajstić information content (AvgIpc) is 3.07. The van der Waals surface area contributed by atoms with Crippen molar-refractivity contribution in [2.45, 2.75) is 6.42 Å². The SMILES string of the molecule is COc1ccc(CC(=O)Nc2c(-c3ccc(F)cc3)[nH]c3cccc[n+]23)cc1. The van der Waals surface area contributed by atoms with Gasteiger partial charge in [0.25, 0.3) is 11.7 Å². The van der Waals surface area contributed by atoms with Crippen molar-refractivity contribution in [3.05, 3.63) is 84.3 Å². The quantitative estimate of drug-likeness (QED) is 0.521. The molecule has 4 rings (SSSR count). The van der Waals surface area contributed by atoms with E-state index >= 15 is 0 Å². The zero-order valence-corrected chi connectivity index (χ0v) is 15.3. The van der Waals surface area contributed by atoms with Crippen molar-refractivity contribution in [1.29, 1.82) is 0 Å². The molecule has 140 valence electrons. The van der Waals surface area contributed by atoms with E-state index in [1.807, 2.05) is 53.1 Å². The number of rotatable bonds is 5. The molecule has 2 N–H and O–H groups in total. The van der Waals surface area contributed by atoms with Gasteiger partial charge in [0.2, 0.25) is 5.65 Å². The third-order valence-corrected chi connectivity index (χ3v) is 4.51. The van der Waals surface area contributed by atoms with Crippen LogP contribution in [0.25, 0.3) is 16.9 Å². The number of aromatic nitrogens is 2. The van der Waals surface area contributed by atoms with E-state index in [2.05, 4.69) is 10.3 Å². The maximum absolute atomic E-state index is 13.3. The van der Waals surface area contributed by atoms with Gasteiger partial charge in [-0.15, -0.1) is 0 Å². The first-order valence-corrected chi connectivity index (χ1v) is 8.85. The number of imidazole rings is 1. The monoisotopic (exact) mass is 376 g/mol. The number of fused-ring (bicyclic) bond motifs is 1. The minimum atomic E-state index is -0.308. The number of ether oxygens (including phenoxy) is 1. The molecule has 0 saturated carbocycles. The zero-order chi connectivity index (χ0) is 19.5. The molecule has 0 atom stereocenters. The van der Waals surface area contributed by atoms with Crippen LogP contribution in [-0.2, 0) is 11.2 Å². The Morgan fingerprint density at radius 2 is 1.82 bits per heavy atom. The summed E-state index contributed by atoms with van der Waals surface area (Å²) in [6, 6.07) is 19.2. The van der Waals surface area contributed by atoms with Gasteiger partial charge in [-0.2, -0.15) is 0 Å². The predicted molar refractivity (Wildman–Crippen MR) is 105 cm³/mol.